The van der Waals surface area contributed by atoms with Crippen LogP contribution in [0.5, 0.6) is 11.5 Å². The number of aromatic nitrogens is 2. The highest BCUT2D eigenvalue weighted by molar-refractivity contribution is 5.88. The first-order valence-electron chi connectivity index (χ1n) is 12.0. The number of nitrogens with zero attached hydrogens (tertiary/aromatic N) is 4. The molecule has 0 bridgehead atoms. The number of hydrogen-bond acceptors (Lipinski definition) is 7. The SMILES string of the molecule is CCOc1ccccc1OC1CCCN(c2ncc(N(C=O)C(C)c3cccc(C(=O)O)c3)cn2)C1. The average Bonchev–Trinajstić information content (AvgIpc) is 2.91. The maximum Gasteiger partial charge on any atom is 0.335 e. The summed E-state index contributed by atoms with van der Waals surface area (Å²) < 4.78 is 11.9. The van der Waals surface area contributed by atoms with Crippen LogP contribution in [-0.4, -0.2) is 53.3 Å². The van der Waals surface area contributed by atoms with E-state index in [1.54, 1.807) is 30.6 Å². The molecule has 0 aliphatic carbocycles. The van der Waals surface area contributed by atoms with Gasteiger partial charge in [0.05, 0.1) is 42.8 Å². The van der Waals surface area contributed by atoms with Gasteiger partial charge in [-0.25, -0.2) is 14.8 Å². The molecule has 9 heteroatoms. The van der Waals surface area contributed by atoms with E-state index in [-0.39, 0.29) is 11.7 Å². The number of carbonyl (C=O) groups is 2. The van der Waals surface area contributed by atoms with Gasteiger partial charge in [-0.1, -0.05) is 24.3 Å². The van der Waals surface area contributed by atoms with Crippen LogP contribution in [0.3, 0.4) is 0 Å². The van der Waals surface area contributed by atoms with E-state index in [1.165, 1.54) is 11.0 Å². The molecule has 1 fully saturated rings. The van der Waals surface area contributed by atoms with Crippen molar-refractivity contribution in [2.75, 3.05) is 29.5 Å². The van der Waals surface area contributed by atoms with Crippen molar-refractivity contribution in [2.24, 2.45) is 0 Å². The molecule has 2 unspecified atom stereocenters. The van der Waals surface area contributed by atoms with Crippen molar-refractivity contribution in [2.45, 2.75) is 38.8 Å². The van der Waals surface area contributed by atoms with Crippen molar-refractivity contribution in [3.8, 4) is 11.5 Å². The van der Waals surface area contributed by atoms with Crippen LogP contribution in [0.2, 0.25) is 0 Å². The second-order valence-corrected chi connectivity index (χ2v) is 8.57. The lowest BCUT2D eigenvalue weighted by Crippen LogP contribution is -2.42. The summed E-state index contributed by atoms with van der Waals surface area (Å²) in [5.41, 5.74) is 1.40. The fourth-order valence-corrected chi connectivity index (χ4v) is 4.30. The summed E-state index contributed by atoms with van der Waals surface area (Å²) in [7, 11) is 0. The van der Waals surface area contributed by atoms with E-state index < -0.39 is 12.0 Å². The standard InChI is InChI=1S/C27H30N4O5/c1-3-35-24-11-4-5-12-25(24)36-23-10-7-13-30(17-23)27-28-15-22(16-29-27)31(18-32)19(2)20-8-6-9-21(14-20)26(33)34/h4-6,8-9,11-12,14-16,18-19,23H,3,7,10,13,17H2,1-2H3,(H,33,34). The van der Waals surface area contributed by atoms with Gasteiger partial charge in [0.15, 0.2) is 11.5 Å². The molecule has 3 aromatic rings. The lowest BCUT2D eigenvalue weighted by atomic mass is 10.0. The summed E-state index contributed by atoms with van der Waals surface area (Å²) in [5.74, 6) is 1.01. The number of benzene rings is 2. The minimum atomic E-state index is -1.01. The van der Waals surface area contributed by atoms with Crippen LogP contribution in [0.15, 0.2) is 60.9 Å². The first-order chi connectivity index (χ1) is 17.5. The van der Waals surface area contributed by atoms with E-state index in [4.69, 9.17) is 9.47 Å². The van der Waals surface area contributed by atoms with E-state index in [9.17, 15) is 14.7 Å². The Morgan fingerprint density at radius 2 is 1.94 bits per heavy atom. The van der Waals surface area contributed by atoms with Crippen LogP contribution in [0.1, 0.15) is 48.7 Å². The number of piperidine rings is 1. The Bertz CT molecular complexity index is 1190. The topological polar surface area (TPSA) is 105 Å². The van der Waals surface area contributed by atoms with E-state index in [1.807, 2.05) is 38.1 Å². The van der Waals surface area contributed by atoms with Gasteiger partial charge in [-0.05, 0) is 56.5 Å². The van der Waals surface area contributed by atoms with E-state index in [0.717, 1.165) is 30.9 Å². The Morgan fingerprint density at radius 1 is 1.19 bits per heavy atom. The number of amides is 1. The lowest BCUT2D eigenvalue weighted by Gasteiger charge is -2.33. The minimum Gasteiger partial charge on any atom is -0.490 e. The zero-order chi connectivity index (χ0) is 25.5. The lowest BCUT2D eigenvalue weighted by molar-refractivity contribution is -0.107. The highest BCUT2D eigenvalue weighted by atomic mass is 16.5. The first-order valence-corrected chi connectivity index (χ1v) is 12.0. The van der Waals surface area contributed by atoms with Gasteiger partial charge >= 0.3 is 5.97 Å². The highest BCUT2D eigenvalue weighted by Gasteiger charge is 2.25. The molecule has 2 aromatic carbocycles. The number of para-hydroxylation sites is 2. The van der Waals surface area contributed by atoms with Gasteiger partial charge in [-0.3, -0.25) is 4.79 Å². The molecular formula is C27H30N4O5. The summed E-state index contributed by atoms with van der Waals surface area (Å²) in [5, 5.41) is 9.27. The van der Waals surface area contributed by atoms with Crippen molar-refractivity contribution >= 4 is 24.0 Å². The molecule has 1 N–H and O–H groups in total. The molecule has 1 aliphatic heterocycles. The highest BCUT2D eigenvalue weighted by Crippen LogP contribution is 2.30. The molecule has 0 saturated carbocycles. The van der Waals surface area contributed by atoms with Gasteiger partial charge in [-0.2, -0.15) is 0 Å². The molecule has 0 radical (unpaired) electrons. The Labute approximate surface area is 210 Å². The van der Waals surface area contributed by atoms with Crippen molar-refractivity contribution in [3.05, 3.63) is 72.1 Å². The van der Waals surface area contributed by atoms with Crippen LogP contribution in [0, 0.1) is 0 Å². The van der Waals surface area contributed by atoms with E-state index in [2.05, 4.69) is 14.9 Å². The number of rotatable bonds is 10. The van der Waals surface area contributed by atoms with Gasteiger partial charge in [0.2, 0.25) is 12.4 Å². The number of anilines is 2. The number of carboxylic acid groups (broad SMARTS) is 1. The van der Waals surface area contributed by atoms with Gasteiger partial charge in [0.25, 0.3) is 0 Å². The van der Waals surface area contributed by atoms with Crippen molar-refractivity contribution in [3.63, 3.8) is 0 Å². The third kappa shape index (κ3) is 5.73. The van der Waals surface area contributed by atoms with Gasteiger partial charge < -0.3 is 24.4 Å². The predicted molar refractivity (Wildman–Crippen MR) is 136 cm³/mol. The molecule has 4 rings (SSSR count). The smallest absolute Gasteiger partial charge is 0.335 e. The molecule has 0 spiro atoms. The number of hydrogen-bond donors (Lipinski definition) is 1. The predicted octanol–water partition coefficient (Wildman–Crippen LogP) is 4.35. The minimum absolute atomic E-state index is 0.0309. The third-order valence-electron chi connectivity index (χ3n) is 6.17. The molecule has 2 heterocycles. The van der Waals surface area contributed by atoms with Gasteiger partial charge in [0.1, 0.15) is 6.10 Å². The molecular weight excluding hydrogens is 460 g/mol. The normalized spacial score (nSPS) is 16.2. The van der Waals surface area contributed by atoms with Crippen molar-refractivity contribution in [1.82, 2.24) is 9.97 Å². The molecule has 1 saturated heterocycles. The van der Waals surface area contributed by atoms with Gasteiger partial charge in [-0.15, -0.1) is 0 Å². The first kappa shape index (κ1) is 25.0. The summed E-state index contributed by atoms with van der Waals surface area (Å²) in [6.45, 7) is 5.78. The second-order valence-electron chi connectivity index (χ2n) is 8.57. The zero-order valence-corrected chi connectivity index (χ0v) is 20.4. The van der Waals surface area contributed by atoms with E-state index >= 15 is 0 Å². The Balaban J connectivity index is 1.45. The molecule has 2 atom stereocenters. The summed E-state index contributed by atoms with van der Waals surface area (Å²) >= 11 is 0. The Hall–Kier alpha value is -4.14. The fourth-order valence-electron chi connectivity index (χ4n) is 4.30. The van der Waals surface area contributed by atoms with Gasteiger partial charge in [0, 0.05) is 6.54 Å². The zero-order valence-electron chi connectivity index (χ0n) is 20.4. The number of aromatic carboxylic acids is 1. The van der Waals surface area contributed by atoms with Crippen LogP contribution >= 0.6 is 0 Å². The molecule has 1 aliphatic rings. The Kier molecular flexibility index (Phi) is 7.99. The monoisotopic (exact) mass is 490 g/mol. The van der Waals surface area contributed by atoms with Crippen molar-refractivity contribution in [1.29, 1.82) is 0 Å². The maximum absolute atomic E-state index is 11.9. The second kappa shape index (κ2) is 11.5. The molecule has 36 heavy (non-hydrogen) atoms. The van der Waals surface area contributed by atoms with Crippen LogP contribution in [-0.2, 0) is 4.79 Å². The number of carbonyl (C=O) groups excluding carboxylic acids is 1. The van der Waals surface area contributed by atoms with Crippen LogP contribution in [0.25, 0.3) is 0 Å². The fraction of sp³-hybridized carbons (Fsp3) is 0.333. The quantitative estimate of drug-likeness (QED) is 0.419. The summed E-state index contributed by atoms with van der Waals surface area (Å²) in [6.07, 6.45) is 5.76. The third-order valence-corrected chi connectivity index (χ3v) is 6.17. The van der Waals surface area contributed by atoms with Crippen molar-refractivity contribution < 1.29 is 24.2 Å². The number of carboxylic acids is 1. The summed E-state index contributed by atoms with van der Waals surface area (Å²) in [4.78, 5) is 35.9. The largest absolute Gasteiger partial charge is 0.490 e. The Morgan fingerprint density at radius 3 is 2.64 bits per heavy atom. The maximum atomic E-state index is 11.9. The van der Waals surface area contributed by atoms with Crippen LogP contribution < -0.4 is 19.3 Å². The average molecular weight is 491 g/mol. The molecule has 9 nitrogen and oxygen atoms in total. The number of ether oxygens (including phenoxy) is 2. The van der Waals surface area contributed by atoms with E-state index in [0.29, 0.717) is 36.8 Å². The molecule has 1 amide bonds. The molecule has 188 valence electrons. The summed E-state index contributed by atoms with van der Waals surface area (Å²) in [6, 6.07) is 13.8. The molecule has 1 aromatic heterocycles. The van der Waals surface area contributed by atoms with Crippen LogP contribution in [0.4, 0.5) is 11.6 Å².